The van der Waals surface area contributed by atoms with Gasteiger partial charge in [-0.25, -0.2) is 0 Å². The molecule has 1 amide bonds. The van der Waals surface area contributed by atoms with E-state index < -0.39 is 0 Å². The van der Waals surface area contributed by atoms with Crippen molar-refractivity contribution in [1.29, 1.82) is 0 Å². The summed E-state index contributed by atoms with van der Waals surface area (Å²) in [6, 6.07) is 14.8. The van der Waals surface area contributed by atoms with Crippen LogP contribution in [-0.4, -0.2) is 10.5 Å². The lowest BCUT2D eigenvalue weighted by molar-refractivity contribution is -0.116. The minimum atomic E-state index is 0.131. The molecule has 0 bridgehead atoms. The lowest BCUT2D eigenvalue weighted by atomic mass is 10.1. The van der Waals surface area contributed by atoms with Crippen LogP contribution in [0.5, 0.6) is 0 Å². The van der Waals surface area contributed by atoms with E-state index in [2.05, 4.69) is 60.1 Å². The average Bonchev–Trinajstić information content (AvgIpc) is 3.05. The van der Waals surface area contributed by atoms with Crippen molar-refractivity contribution in [3.05, 3.63) is 42.5 Å². The topological polar surface area (TPSA) is 34.0 Å². The number of hydrogen-bond donors (Lipinski definition) is 1. The molecular formula is C26H36N2O. The number of benzene rings is 2. The number of carbonyl (C=O) groups is 1. The van der Waals surface area contributed by atoms with Gasteiger partial charge in [0, 0.05) is 40.5 Å². The van der Waals surface area contributed by atoms with E-state index in [9.17, 15) is 4.79 Å². The molecule has 0 saturated carbocycles. The SMILES string of the molecule is CCCCCCCCCCCC(=O)Nc1ccc2c(c1)c1ccccc1n2CC. The number of para-hydroxylation sites is 1. The van der Waals surface area contributed by atoms with Crippen LogP contribution in [0.15, 0.2) is 42.5 Å². The zero-order chi connectivity index (χ0) is 20.5. The zero-order valence-corrected chi connectivity index (χ0v) is 18.2. The van der Waals surface area contributed by atoms with E-state index in [4.69, 9.17) is 0 Å². The second kappa shape index (κ2) is 11.0. The molecule has 0 aliphatic heterocycles. The Hall–Kier alpha value is -2.29. The number of nitrogens with zero attached hydrogens (tertiary/aromatic N) is 1. The third-order valence-electron chi connectivity index (χ3n) is 5.88. The summed E-state index contributed by atoms with van der Waals surface area (Å²) in [6.45, 7) is 5.37. The number of nitrogens with one attached hydrogen (secondary N) is 1. The van der Waals surface area contributed by atoms with Crippen molar-refractivity contribution in [3.63, 3.8) is 0 Å². The highest BCUT2D eigenvalue weighted by Gasteiger charge is 2.10. The van der Waals surface area contributed by atoms with Crippen LogP contribution in [0.3, 0.4) is 0 Å². The van der Waals surface area contributed by atoms with Crippen LogP contribution < -0.4 is 5.32 Å². The maximum Gasteiger partial charge on any atom is 0.224 e. The summed E-state index contributed by atoms with van der Waals surface area (Å²) in [7, 11) is 0. The summed E-state index contributed by atoms with van der Waals surface area (Å²) < 4.78 is 2.33. The number of carbonyl (C=O) groups excluding carboxylic acids is 1. The first-order chi connectivity index (χ1) is 14.2. The van der Waals surface area contributed by atoms with Gasteiger partial charge in [0.15, 0.2) is 0 Å². The van der Waals surface area contributed by atoms with Gasteiger partial charge in [-0.05, 0) is 37.6 Å². The molecular weight excluding hydrogens is 356 g/mol. The molecule has 0 aliphatic rings. The van der Waals surface area contributed by atoms with E-state index in [0.29, 0.717) is 6.42 Å². The lowest BCUT2D eigenvalue weighted by Crippen LogP contribution is -2.10. The monoisotopic (exact) mass is 392 g/mol. The summed E-state index contributed by atoms with van der Waals surface area (Å²) in [5, 5.41) is 5.56. The summed E-state index contributed by atoms with van der Waals surface area (Å²) in [5.74, 6) is 0.131. The lowest BCUT2D eigenvalue weighted by Gasteiger charge is -2.07. The van der Waals surface area contributed by atoms with Crippen LogP contribution in [0.25, 0.3) is 21.8 Å². The van der Waals surface area contributed by atoms with Gasteiger partial charge in [-0.2, -0.15) is 0 Å². The van der Waals surface area contributed by atoms with Crippen molar-refractivity contribution in [2.75, 3.05) is 5.32 Å². The summed E-state index contributed by atoms with van der Waals surface area (Å²) in [4.78, 5) is 12.4. The standard InChI is InChI=1S/C26H36N2O/c1-3-5-6-7-8-9-10-11-12-17-26(29)27-21-18-19-25-23(20-21)22-15-13-14-16-24(22)28(25)4-2/h13-16,18-20H,3-12,17H2,1-2H3,(H,27,29). The fourth-order valence-electron chi connectivity index (χ4n) is 4.29. The van der Waals surface area contributed by atoms with Crippen molar-refractivity contribution >= 4 is 33.4 Å². The molecule has 0 saturated heterocycles. The molecule has 3 heteroatoms. The van der Waals surface area contributed by atoms with Crippen molar-refractivity contribution in [2.45, 2.75) is 84.6 Å². The normalized spacial score (nSPS) is 11.4. The number of aromatic nitrogens is 1. The Morgan fingerprint density at radius 3 is 2.17 bits per heavy atom. The van der Waals surface area contributed by atoms with Crippen molar-refractivity contribution < 1.29 is 4.79 Å². The van der Waals surface area contributed by atoms with Crippen LogP contribution in [0.2, 0.25) is 0 Å². The van der Waals surface area contributed by atoms with E-state index in [1.165, 1.54) is 66.8 Å². The van der Waals surface area contributed by atoms with Crippen molar-refractivity contribution in [3.8, 4) is 0 Å². The van der Waals surface area contributed by atoms with Gasteiger partial charge < -0.3 is 9.88 Å². The molecule has 3 aromatic rings. The first-order valence-electron chi connectivity index (χ1n) is 11.6. The average molecular weight is 393 g/mol. The van der Waals surface area contributed by atoms with Gasteiger partial charge in [-0.1, -0.05) is 76.5 Å². The van der Waals surface area contributed by atoms with Crippen LogP contribution in [0.4, 0.5) is 5.69 Å². The van der Waals surface area contributed by atoms with E-state index in [1.807, 2.05) is 6.07 Å². The van der Waals surface area contributed by atoms with Crippen molar-refractivity contribution in [1.82, 2.24) is 4.57 Å². The Kier molecular flexibility index (Phi) is 8.15. The molecule has 29 heavy (non-hydrogen) atoms. The predicted octanol–water partition coefficient (Wildman–Crippen LogP) is 7.67. The van der Waals surface area contributed by atoms with Crippen molar-refractivity contribution in [2.24, 2.45) is 0 Å². The molecule has 1 N–H and O–H groups in total. The predicted molar refractivity (Wildman–Crippen MR) is 126 cm³/mol. The van der Waals surface area contributed by atoms with Gasteiger partial charge in [-0.15, -0.1) is 0 Å². The Morgan fingerprint density at radius 1 is 0.793 bits per heavy atom. The molecule has 156 valence electrons. The van der Waals surface area contributed by atoms with Crippen LogP contribution in [0, 0.1) is 0 Å². The minimum Gasteiger partial charge on any atom is -0.341 e. The highest BCUT2D eigenvalue weighted by molar-refractivity contribution is 6.09. The largest absolute Gasteiger partial charge is 0.341 e. The molecule has 1 heterocycles. The minimum absolute atomic E-state index is 0.131. The molecule has 0 fully saturated rings. The Balaban J connectivity index is 1.49. The molecule has 0 aliphatic carbocycles. The summed E-state index contributed by atoms with van der Waals surface area (Å²) >= 11 is 0. The van der Waals surface area contributed by atoms with E-state index in [0.717, 1.165) is 25.1 Å². The Morgan fingerprint density at radius 2 is 1.45 bits per heavy atom. The molecule has 0 radical (unpaired) electrons. The third-order valence-corrected chi connectivity index (χ3v) is 5.88. The van der Waals surface area contributed by atoms with Crippen LogP contribution in [-0.2, 0) is 11.3 Å². The fourth-order valence-corrected chi connectivity index (χ4v) is 4.29. The number of amides is 1. The molecule has 3 nitrogen and oxygen atoms in total. The smallest absolute Gasteiger partial charge is 0.224 e. The number of fused-ring (bicyclic) bond motifs is 3. The number of unbranched alkanes of at least 4 members (excludes halogenated alkanes) is 8. The molecule has 1 aromatic heterocycles. The maximum absolute atomic E-state index is 12.4. The summed E-state index contributed by atoms with van der Waals surface area (Å²) in [6.07, 6.45) is 12.1. The first kappa shape index (κ1) is 21.4. The van der Waals surface area contributed by atoms with Gasteiger partial charge >= 0.3 is 0 Å². The molecule has 0 unspecified atom stereocenters. The fraction of sp³-hybridized carbons (Fsp3) is 0.500. The van der Waals surface area contributed by atoms with Crippen LogP contribution >= 0.6 is 0 Å². The maximum atomic E-state index is 12.4. The van der Waals surface area contributed by atoms with E-state index in [-0.39, 0.29) is 5.91 Å². The van der Waals surface area contributed by atoms with E-state index >= 15 is 0 Å². The molecule has 2 aromatic carbocycles. The quantitative estimate of drug-likeness (QED) is 0.315. The number of aryl methyl sites for hydroxylation is 1. The van der Waals surface area contributed by atoms with E-state index in [1.54, 1.807) is 0 Å². The molecule has 0 atom stereocenters. The number of hydrogen-bond acceptors (Lipinski definition) is 1. The first-order valence-corrected chi connectivity index (χ1v) is 11.6. The van der Waals surface area contributed by atoms with Gasteiger partial charge in [0.1, 0.15) is 0 Å². The second-order valence-corrected chi connectivity index (χ2v) is 8.12. The Bertz CT molecular complexity index is 925. The van der Waals surface area contributed by atoms with Gasteiger partial charge in [0.25, 0.3) is 0 Å². The summed E-state index contributed by atoms with van der Waals surface area (Å²) in [5.41, 5.74) is 3.38. The second-order valence-electron chi connectivity index (χ2n) is 8.12. The van der Waals surface area contributed by atoms with Gasteiger partial charge in [-0.3, -0.25) is 4.79 Å². The van der Waals surface area contributed by atoms with Crippen LogP contribution in [0.1, 0.15) is 78.1 Å². The number of anilines is 1. The van der Waals surface area contributed by atoms with Gasteiger partial charge in [0.2, 0.25) is 5.91 Å². The number of rotatable bonds is 12. The molecule has 3 rings (SSSR count). The third kappa shape index (κ3) is 5.62. The highest BCUT2D eigenvalue weighted by atomic mass is 16.1. The highest BCUT2D eigenvalue weighted by Crippen LogP contribution is 2.31. The zero-order valence-electron chi connectivity index (χ0n) is 18.2. The molecule has 0 spiro atoms. The Labute approximate surface area is 175 Å². The van der Waals surface area contributed by atoms with Gasteiger partial charge in [0.05, 0.1) is 0 Å².